The van der Waals surface area contributed by atoms with Crippen molar-refractivity contribution in [1.82, 2.24) is 0 Å². The van der Waals surface area contributed by atoms with Gasteiger partial charge in [0.2, 0.25) is 5.91 Å². The van der Waals surface area contributed by atoms with Gasteiger partial charge in [0.15, 0.2) is 0 Å². The molecule has 1 heterocycles. The Bertz CT molecular complexity index is 716. The van der Waals surface area contributed by atoms with Crippen molar-refractivity contribution in [3.63, 3.8) is 0 Å². The zero-order chi connectivity index (χ0) is 15.2. The number of anilines is 1. The Balaban J connectivity index is 1.55. The smallest absolute Gasteiger partial charge is 0.224 e. The van der Waals surface area contributed by atoms with Crippen LogP contribution < -0.4 is 5.32 Å². The van der Waals surface area contributed by atoms with Gasteiger partial charge in [-0.15, -0.1) is 0 Å². The molecular weight excluding hydrogens is 274 g/mol. The largest absolute Gasteiger partial charge is 0.464 e. The molecule has 0 fully saturated rings. The van der Waals surface area contributed by atoms with E-state index in [-0.39, 0.29) is 5.91 Å². The van der Waals surface area contributed by atoms with Crippen molar-refractivity contribution in [1.29, 1.82) is 0 Å². The van der Waals surface area contributed by atoms with E-state index in [4.69, 9.17) is 4.42 Å². The Morgan fingerprint density at radius 2 is 1.68 bits per heavy atom. The van der Waals surface area contributed by atoms with Gasteiger partial charge in [0.25, 0.3) is 0 Å². The van der Waals surface area contributed by atoms with Crippen LogP contribution >= 0.6 is 0 Å². The molecule has 0 saturated carbocycles. The fraction of sp³-hybridized carbons (Fsp3) is 0.105. The number of hydrogen-bond donors (Lipinski definition) is 1. The van der Waals surface area contributed by atoms with Gasteiger partial charge in [0, 0.05) is 17.7 Å². The van der Waals surface area contributed by atoms with Crippen LogP contribution in [0, 0.1) is 0 Å². The van der Waals surface area contributed by atoms with Crippen LogP contribution in [-0.4, -0.2) is 5.91 Å². The molecule has 0 spiro atoms. The number of nitrogens with one attached hydrogen (secondary N) is 1. The fourth-order valence-electron chi connectivity index (χ4n) is 2.29. The zero-order valence-corrected chi connectivity index (χ0v) is 12.2. The first-order valence-corrected chi connectivity index (χ1v) is 7.29. The van der Waals surface area contributed by atoms with Crippen molar-refractivity contribution >= 4 is 11.6 Å². The number of carbonyl (C=O) groups excluding carboxylic acids is 1. The van der Waals surface area contributed by atoms with E-state index in [1.807, 2.05) is 66.7 Å². The van der Waals surface area contributed by atoms with Crippen LogP contribution in [0.15, 0.2) is 77.4 Å². The lowest BCUT2D eigenvalue weighted by Crippen LogP contribution is -2.12. The number of hydrogen-bond acceptors (Lipinski definition) is 2. The Kier molecular flexibility index (Phi) is 4.35. The highest BCUT2D eigenvalue weighted by molar-refractivity contribution is 5.91. The molecule has 22 heavy (non-hydrogen) atoms. The van der Waals surface area contributed by atoms with Crippen molar-refractivity contribution in [2.75, 3.05) is 5.32 Å². The molecule has 0 atom stereocenters. The van der Waals surface area contributed by atoms with Crippen molar-refractivity contribution in [3.05, 3.63) is 78.6 Å². The maximum absolute atomic E-state index is 12.0. The third kappa shape index (κ3) is 3.64. The second-order valence-corrected chi connectivity index (χ2v) is 5.09. The average molecular weight is 291 g/mol. The Hall–Kier alpha value is -2.81. The molecule has 2 aromatic carbocycles. The molecule has 0 saturated heterocycles. The van der Waals surface area contributed by atoms with E-state index < -0.39 is 0 Å². The minimum Gasteiger partial charge on any atom is -0.464 e. The lowest BCUT2D eigenvalue weighted by atomic mass is 10.1. The predicted molar refractivity (Wildman–Crippen MR) is 87.5 cm³/mol. The number of aryl methyl sites for hydroxylation is 1. The summed E-state index contributed by atoms with van der Waals surface area (Å²) in [6, 6.07) is 21.4. The summed E-state index contributed by atoms with van der Waals surface area (Å²) >= 11 is 0. The Labute approximate surface area is 129 Å². The van der Waals surface area contributed by atoms with Crippen LogP contribution in [0.4, 0.5) is 5.69 Å². The molecule has 3 rings (SSSR count). The van der Waals surface area contributed by atoms with Crippen molar-refractivity contribution in [2.45, 2.75) is 12.8 Å². The van der Waals surface area contributed by atoms with Crippen LogP contribution in [0.5, 0.6) is 0 Å². The van der Waals surface area contributed by atoms with Crippen LogP contribution in [0.2, 0.25) is 0 Å². The molecule has 0 radical (unpaired) electrons. The van der Waals surface area contributed by atoms with Gasteiger partial charge in [0.1, 0.15) is 5.76 Å². The summed E-state index contributed by atoms with van der Waals surface area (Å²) in [5.41, 5.74) is 2.96. The summed E-state index contributed by atoms with van der Waals surface area (Å²) in [6.45, 7) is 0. The SMILES string of the molecule is O=C(CCc1ccccc1)Nc1ccc(-c2ccco2)cc1. The number of furan rings is 1. The molecule has 3 aromatic rings. The van der Waals surface area contributed by atoms with Crippen molar-refractivity contribution < 1.29 is 9.21 Å². The standard InChI is InChI=1S/C19H17NO2/c21-19(13-8-15-5-2-1-3-6-15)20-17-11-9-16(10-12-17)18-7-4-14-22-18/h1-7,9-12,14H,8,13H2,(H,20,21). The van der Waals surface area contributed by atoms with Crippen LogP contribution in [-0.2, 0) is 11.2 Å². The normalized spacial score (nSPS) is 10.4. The van der Waals surface area contributed by atoms with E-state index in [0.717, 1.165) is 23.4 Å². The minimum absolute atomic E-state index is 0.0228. The Morgan fingerprint density at radius 3 is 2.36 bits per heavy atom. The Morgan fingerprint density at radius 1 is 0.909 bits per heavy atom. The first-order chi connectivity index (χ1) is 10.8. The van der Waals surface area contributed by atoms with Gasteiger partial charge in [-0.1, -0.05) is 30.3 Å². The summed E-state index contributed by atoms with van der Waals surface area (Å²) in [6.07, 6.45) is 2.87. The maximum atomic E-state index is 12.0. The van der Waals surface area contributed by atoms with Gasteiger partial charge < -0.3 is 9.73 Å². The molecule has 1 aromatic heterocycles. The molecular formula is C19H17NO2. The van der Waals surface area contributed by atoms with Gasteiger partial charge in [-0.25, -0.2) is 0 Å². The van der Waals surface area contributed by atoms with Gasteiger partial charge in [-0.3, -0.25) is 4.79 Å². The third-order valence-electron chi connectivity index (χ3n) is 3.46. The molecule has 0 aliphatic rings. The second kappa shape index (κ2) is 6.76. The minimum atomic E-state index is 0.0228. The van der Waals surface area contributed by atoms with Gasteiger partial charge in [0.05, 0.1) is 6.26 Å². The summed E-state index contributed by atoms with van der Waals surface area (Å²) in [5, 5.41) is 2.92. The van der Waals surface area contributed by atoms with Gasteiger partial charge in [-0.05, 0) is 48.4 Å². The highest BCUT2D eigenvalue weighted by Crippen LogP contribution is 2.21. The lowest BCUT2D eigenvalue weighted by molar-refractivity contribution is -0.116. The summed E-state index contributed by atoms with van der Waals surface area (Å²) in [4.78, 5) is 12.0. The quantitative estimate of drug-likeness (QED) is 0.751. The van der Waals surface area contributed by atoms with E-state index in [0.29, 0.717) is 6.42 Å². The van der Waals surface area contributed by atoms with E-state index in [1.165, 1.54) is 5.56 Å². The topological polar surface area (TPSA) is 42.2 Å². The van der Waals surface area contributed by atoms with Crippen LogP contribution in [0.3, 0.4) is 0 Å². The first kappa shape index (κ1) is 14.1. The monoisotopic (exact) mass is 291 g/mol. The molecule has 1 amide bonds. The number of amides is 1. The molecule has 0 unspecified atom stereocenters. The highest BCUT2D eigenvalue weighted by atomic mass is 16.3. The molecule has 3 nitrogen and oxygen atoms in total. The number of benzene rings is 2. The van der Waals surface area contributed by atoms with Crippen molar-refractivity contribution in [3.8, 4) is 11.3 Å². The van der Waals surface area contributed by atoms with Crippen molar-refractivity contribution in [2.24, 2.45) is 0 Å². The molecule has 3 heteroatoms. The van der Waals surface area contributed by atoms with Crippen LogP contribution in [0.25, 0.3) is 11.3 Å². The highest BCUT2D eigenvalue weighted by Gasteiger charge is 2.04. The average Bonchev–Trinajstić information content (AvgIpc) is 3.09. The lowest BCUT2D eigenvalue weighted by Gasteiger charge is -2.06. The molecule has 0 aliphatic heterocycles. The zero-order valence-electron chi connectivity index (χ0n) is 12.2. The van der Waals surface area contributed by atoms with E-state index >= 15 is 0 Å². The van der Waals surface area contributed by atoms with Gasteiger partial charge in [-0.2, -0.15) is 0 Å². The molecule has 0 bridgehead atoms. The van der Waals surface area contributed by atoms with Gasteiger partial charge >= 0.3 is 0 Å². The molecule has 1 N–H and O–H groups in total. The third-order valence-corrected chi connectivity index (χ3v) is 3.46. The number of carbonyl (C=O) groups is 1. The summed E-state index contributed by atoms with van der Waals surface area (Å²) < 4.78 is 5.34. The predicted octanol–water partition coefficient (Wildman–Crippen LogP) is 4.52. The van der Waals surface area contributed by atoms with E-state index in [9.17, 15) is 4.79 Å². The first-order valence-electron chi connectivity index (χ1n) is 7.29. The second-order valence-electron chi connectivity index (χ2n) is 5.09. The van der Waals surface area contributed by atoms with E-state index in [2.05, 4.69) is 5.32 Å². The summed E-state index contributed by atoms with van der Waals surface area (Å²) in [5.74, 6) is 0.844. The number of rotatable bonds is 5. The maximum Gasteiger partial charge on any atom is 0.224 e. The summed E-state index contributed by atoms with van der Waals surface area (Å²) in [7, 11) is 0. The van der Waals surface area contributed by atoms with Crippen LogP contribution in [0.1, 0.15) is 12.0 Å². The molecule has 0 aliphatic carbocycles. The molecule has 110 valence electrons. The fourth-order valence-corrected chi connectivity index (χ4v) is 2.29. The van der Waals surface area contributed by atoms with E-state index in [1.54, 1.807) is 6.26 Å².